The third kappa shape index (κ3) is 7.83. The molecule has 0 bridgehead atoms. The van der Waals surface area contributed by atoms with Crippen molar-refractivity contribution >= 4 is 46.5 Å². The Labute approximate surface area is 247 Å². The number of hydrogen-bond donors (Lipinski definition) is 1. The van der Waals surface area contributed by atoms with Crippen LogP contribution in [0.3, 0.4) is 0 Å². The molecule has 2 aliphatic heterocycles. The molecular formula is C31H40N4O5S. The minimum Gasteiger partial charge on any atom is -0.494 e. The number of ether oxygens (including phenoxy) is 2. The molecule has 10 heteroatoms. The molecule has 2 heterocycles. The van der Waals surface area contributed by atoms with E-state index in [0.29, 0.717) is 35.2 Å². The quantitative estimate of drug-likeness (QED) is 0.285. The summed E-state index contributed by atoms with van der Waals surface area (Å²) >= 11 is 5.82. The van der Waals surface area contributed by atoms with Gasteiger partial charge in [-0.05, 0) is 106 Å². The third-order valence-corrected chi connectivity index (χ3v) is 7.90. The number of nitrogens with zero attached hydrogens (tertiary/aromatic N) is 3. The zero-order valence-corrected chi connectivity index (χ0v) is 25.0. The van der Waals surface area contributed by atoms with Crippen molar-refractivity contribution in [2.75, 3.05) is 49.6 Å². The van der Waals surface area contributed by atoms with Crippen LogP contribution in [0.15, 0.2) is 48.5 Å². The van der Waals surface area contributed by atoms with E-state index < -0.39 is 12.0 Å². The molecule has 2 aliphatic rings. The van der Waals surface area contributed by atoms with Crippen molar-refractivity contribution in [3.63, 3.8) is 0 Å². The number of rotatable bonds is 12. The Hall–Kier alpha value is -3.50. The van der Waals surface area contributed by atoms with Crippen molar-refractivity contribution in [1.29, 1.82) is 0 Å². The summed E-state index contributed by atoms with van der Waals surface area (Å²) in [4.78, 5) is 44.8. The molecule has 1 atom stereocenters. The molecule has 2 aromatic rings. The fraction of sp³-hybridized carbons (Fsp3) is 0.484. The summed E-state index contributed by atoms with van der Waals surface area (Å²) in [7, 11) is 0. The number of anilines is 2. The lowest BCUT2D eigenvalue weighted by Gasteiger charge is -2.32. The second-order valence-electron chi connectivity index (χ2n) is 10.6. The highest BCUT2D eigenvalue weighted by Crippen LogP contribution is 2.28. The second kappa shape index (κ2) is 14.4. The first kappa shape index (κ1) is 30.5. The highest BCUT2D eigenvalue weighted by molar-refractivity contribution is 7.80. The van der Waals surface area contributed by atoms with Crippen LogP contribution in [-0.4, -0.2) is 78.1 Å². The lowest BCUT2D eigenvalue weighted by Crippen LogP contribution is -2.44. The van der Waals surface area contributed by atoms with E-state index in [1.165, 1.54) is 4.90 Å². The SMILES string of the molecule is CCCOc1ccc(NC(=O)CC2C(=O)N(c3ccc(C(=O)OCC)cc3)C(=S)N2CCN2CCC(C)CC2)cc1. The lowest BCUT2D eigenvalue weighted by atomic mass is 9.99. The van der Waals surface area contributed by atoms with Gasteiger partial charge in [0.1, 0.15) is 11.8 Å². The van der Waals surface area contributed by atoms with Crippen LogP contribution in [0.4, 0.5) is 11.4 Å². The van der Waals surface area contributed by atoms with Crippen LogP contribution < -0.4 is 15.0 Å². The summed E-state index contributed by atoms with van der Waals surface area (Å²) in [6.45, 7) is 10.3. The first-order valence-electron chi connectivity index (χ1n) is 14.5. The number of hydrogen-bond acceptors (Lipinski definition) is 7. The third-order valence-electron chi connectivity index (χ3n) is 7.48. The molecule has 0 spiro atoms. The van der Waals surface area contributed by atoms with Crippen molar-refractivity contribution in [3.05, 3.63) is 54.1 Å². The minimum atomic E-state index is -0.733. The van der Waals surface area contributed by atoms with E-state index in [0.717, 1.165) is 50.6 Å². The molecule has 0 aromatic heterocycles. The van der Waals surface area contributed by atoms with Crippen LogP contribution in [0.2, 0.25) is 0 Å². The van der Waals surface area contributed by atoms with Crippen molar-refractivity contribution in [2.45, 2.75) is 52.5 Å². The number of piperidine rings is 1. The molecule has 2 fully saturated rings. The van der Waals surface area contributed by atoms with Crippen molar-refractivity contribution in [3.8, 4) is 5.75 Å². The van der Waals surface area contributed by atoms with Crippen LogP contribution in [0, 0.1) is 5.92 Å². The number of nitrogens with one attached hydrogen (secondary N) is 1. The van der Waals surface area contributed by atoms with Gasteiger partial charge in [-0.25, -0.2) is 4.79 Å². The number of thiocarbonyl (C=S) groups is 1. The highest BCUT2D eigenvalue weighted by Gasteiger charge is 2.44. The van der Waals surface area contributed by atoms with Gasteiger partial charge in [0.15, 0.2) is 5.11 Å². The molecule has 0 radical (unpaired) electrons. The van der Waals surface area contributed by atoms with E-state index >= 15 is 0 Å². The van der Waals surface area contributed by atoms with Gasteiger partial charge < -0.3 is 24.6 Å². The van der Waals surface area contributed by atoms with Gasteiger partial charge in [0, 0.05) is 18.8 Å². The van der Waals surface area contributed by atoms with Crippen molar-refractivity contribution in [2.24, 2.45) is 5.92 Å². The highest BCUT2D eigenvalue weighted by atomic mass is 32.1. The lowest BCUT2D eigenvalue weighted by molar-refractivity contribution is -0.124. The van der Waals surface area contributed by atoms with Crippen LogP contribution in [0.1, 0.15) is 56.8 Å². The molecule has 41 heavy (non-hydrogen) atoms. The maximum atomic E-state index is 13.8. The first-order chi connectivity index (χ1) is 19.8. The van der Waals surface area contributed by atoms with Gasteiger partial charge in [-0.1, -0.05) is 13.8 Å². The maximum Gasteiger partial charge on any atom is 0.338 e. The average molecular weight is 581 g/mol. The topological polar surface area (TPSA) is 91.4 Å². The zero-order chi connectivity index (χ0) is 29.4. The smallest absolute Gasteiger partial charge is 0.338 e. The molecule has 0 aliphatic carbocycles. The molecule has 2 aromatic carbocycles. The normalized spacial score (nSPS) is 18.1. The van der Waals surface area contributed by atoms with Gasteiger partial charge in [-0.3, -0.25) is 14.5 Å². The molecule has 2 amide bonds. The molecule has 220 valence electrons. The summed E-state index contributed by atoms with van der Waals surface area (Å²) in [5.74, 6) is 0.502. The Morgan fingerprint density at radius 1 is 1.00 bits per heavy atom. The minimum absolute atomic E-state index is 0.0402. The van der Waals surface area contributed by atoms with Gasteiger partial charge in [0.25, 0.3) is 5.91 Å². The van der Waals surface area contributed by atoms with Gasteiger partial charge >= 0.3 is 5.97 Å². The van der Waals surface area contributed by atoms with Crippen LogP contribution in [-0.2, 0) is 14.3 Å². The number of esters is 1. The van der Waals surface area contributed by atoms with Crippen molar-refractivity contribution in [1.82, 2.24) is 9.80 Å². The number of amides is 2. The Bertz CT molecular complexity index is 1210. The van der Waals surface area contributed by atoms with Gasteiger partial charge in [0.05, 0.1) is 30.9 Å². The van der Waals surface area contributed by atoms with E-state index in [-0.39, 0.29) is 24.8 Å². The molecular weight excluding hydrogens is 540 g/mol. The fourth-order valence-electron chi connectivity index (χ4n) is 5.06. The largest absolute Gasteiger partial charge is 0.494 e. The number of benzene rings is 2. The Kier molecular flexibility index (Phi) is 10.7. The molecule has 9 nitrogen and oxygen atoms in total. The van der Waals surface area contributed by atoms with E-state index in [1.54, 1.807) is 43.3 Å². The predicted octanol–water partition coefficient (Wildman–Crippen LogP) is 4.71. The Balaban J connectivity index is 1.48. The zero-order valence-electron chi connectivity index (χ0n) is 24.1. The van der Waals surface area contributed by atoms with E-state index in [1.807, 2.05) is 24.0 Å². The Morgan fingerprint density at radius 2 is 1.68 bits per heavy atom. The van der Waals surface area contributed by atoms with E-state index in [4.69, 9.17) is 21.7 Å². The second-order valence-corrected chi connectivity index (χ2v) is 10.9. The van der Waals surface area contributed by atoms with E-state index in [2.05, 4.69) is 17.1 Å². The summed E-state index contributed by atoms with van der Waals surface area (Å²) in [6, 6.07) is 13.1. The summed E-state index contributed by atoms with van der Waals surface area (Å²) in [6.07, 6.45) is 3.17. The molecule has 4 rings (SSSR count). The number of carbonyl (C=O) groups is 3. The van der Waals surface area contributed by atoms with Gasteiger partial charge in [0.2, 0.25) is 5.91 Å². The Morgan fingerprint density at radius 3 is 2.32 bits per heavy atom. The number of likely N-dealkylation sites (tertiary alicyclic amines) is 1. The maximum absolute atomic E-state index is 13.8. The average Bonchev–Trinajstić information content (AvgIpc) is 3.20. The van der Waals surface area contributed by atoms with Gasteiger partial charge in [-0.2, -0.15) is 0 Å². The summed E-state index contributed by atoms with van der Waals surface area (Å²) < 4.78 is 10.7. The first-order valence-corrected chi connectivity index (χ1v) is 14.9. The molecule has 0 saturated carbocycles. The predicted molar refractivity (Wildman–Crippen MR) is 163 cm³/mol. The van der Waals surface area contributed by atoms with Crippen molar-refractivity contribution < 1.29 is 23.9 Å². The molecule has 1 unspecified atom stereocenters. The molecule has 2 saturated heterocycles. The van der Waals surface area contributed by atoms with Crippen LogP contribution in [0.5, 0.6) is 5.75 Å². The summed E-state index contributed by atoms with van der Waals surface area (Å²) in [5, 5.41) is 3.27. The van der Waals surface area contributed by atoms with E-state index in [9.17, 15) is 14.4 Å². The fourth-order valence-corrected chi connectivity index (χ4v) is 5.48. The van der Waals surface area contributed by atoms with Gasteiger partial charge in [-0.15, -0.1) is 0 Å². The van der Waals surface area contributed by atoms with Crippen LogP contribution in [0.25, 0.3) is 0 Å². The molecule has 1 N–H and O–H groups in total. The number of carbonyl (C=O) groups excluding carboxylic acids is 3. The monoisotopic (exact) mass is 580 g/mol. The van der Waals surface area contributed by atoms with Crippen LogP contribution >= 0.6 is 12.2 Å². The summed E-state index contributed by atoms with van der Waals surface area (Å²) in [5.41, 5.74) is 1.58. The standard InChI is InChI=1S/C31H40N4O5S/c1-4-20-40-26-12-8-24(9-13-26)32-28(36)21-27-29(37)35(25-10-6-23(7-11-25)30(38)39-5-2)31(41)34(27)19-18-33-16-14-22(3)15-17-33/h6-13,22,27H,4-5,14-21H2,1-3H3,(H,32,36).